The van der Waals surface area contributed by atoms with Crippen molar-refractivity contribution in [2.45, 2.75) is 24.3 Å². The van der Waals surface area contributed by atoms with Crippen molar-refractivity contribution in [3.8, 4) is 0 Å². The van der Waals surface area contributed by atoms with Crippen molar-refractivity contribution in [1.82, 2.24) is 19.6 Å². The predicted octanol–water partition coefficient (Wildman–Crippen LogP) is 3.63. The summed E-state index contributed by atoms with van der Waals surface area (Å²) in [6, 6.07) is 1.42. The zero-order valence-corrected chi connectivity index (χ0v) is 16.7. The molecule has 1 amide bonds. The van der Waals surface area contributed by atoms with Gasteiger partial charge in [-0.3, -0.25) is 18.3 Å². The number of carbonyl (C=O) groups is 1. The van der Waals surface area contributed by atoms with Gasteiger partial charge in [-0.1, -0.05) is 18.3 Å². The minimum atomic E-state index is -4.76. The van der Waals surface area contributed by atoms with Gasteiger partial charge in [-0.2, -0.15) is 26.3 Å². The molecule has 0 bridgehead atoms. The number of hydrogen-bond donors (Lipinski definition) is 0. The van der Waals surface area contributed by atoms with Gasteiger partial charge in [-0.15, -0.1) is 10.2 Å². The molecule has 0 aliphatic carbocycles. The van der Waals surface area contributed by atoms with Crippen molar-refractivity contribution >= 4 is 38.8 Å². The predicted molar refractivity (Wildman–Crippen MR) is 94.8 cm³/mol. The minimum Gasteiger partial charge on any atom is -0.292 e. The minimum absolute atomic E-state index is 0.0237. The van der Waals surface area contributed by atoms with Crippen LogP contribution in [0.3, 0.4) is 0 Å². The first-order chi connectivity index (χ1) is 13.8. The van der Waals surface area contributed by atoms with Crippen molar-refractivity contribution in [3.63, 3.8) is 0 Å². The first kappa shape index (κ1) is 22.1. The third-order valence-electron chi connectivity index (χ3n) is 3.84. The van der Waals surface area contributed by atoms with E-state index in [0.717, 1.165) is 28.6 Å². The maximum Gasteiger partial charge on any atom is 0.445 e. The quantitative estimate of drug-likeness (QED) is 0.543. The number of alkyl halides is 6. The Hall–Kier alpha value is -2.55. The zero-order chi connectivity index (χ0) is 22.4. The Bertz CT molecular complexity index is 1140. The molecule has 0 saturated carbocycles. The lowest BCUT2D eigenvalue weighted by molar-refractivity contribution is -0.138. The highest BCUT2D eigenvalue weighted by Gasteiger charge is 2.37. The smallest absolute Gasteiger partial charge is 0.292 e. The van der Waals surface area contributed by atoms with E-state index in [-0.39, 0.29) is 27.8 Å². The van der Waals surface area contributed by atoms with Crippen molar-refractivity contribution < 1.29 is 35.3 Å². The maximum absolute atomic E-state index is 13.0. The van der Waals surface area contributed by atoms with Gasteiger partial charge in [0.1, 0.15) is 10.7 Å². The lowest BCUT2D eigenvalue weighted by Crippen LogP contribution is -2.27. The highest BCUT2D eigenvalue weighted by atomic mass is 32.2. The van der Waals surface area contributed by atoms with Crippen molar-refractivity contribution in [3.05, 3.63) is 34.6 Å². The van der Waals surface area contributed by atoms with Crippen LogP contribution in [0.25, 0.3) is 5.65 Å². The summed E-state index contributed by atoms with van der Waals surface area (Å²) in [4.78, 5) is 17.4. The Morgan fingerprint density at radius 2 is 1.87 bits per heavy atom. The van der Waals surface area contributed by atoms with Crippen LogP contribution in [0.1, 0.15) is 28.0 Å². The molecule has 1 atom stereocenters. The van der Waals surface area contributed by atoms with Gasteiger partial charge < -0.3 is 0 Å². The first-order valence-electron chi connectivity index (χ1n) is 8.01. The van der Waals surface area contributed by atoms with Crippen LogP contribution in [-0.2, 0) is 23.2 Å². The molecule has 3 heterocycles. The Balaban J connectivity index is 2.10. The van der Waals surface area contributed by atoms with Gasteiger partial charge in [-0.25, -0.2) is 4.98 Å². The van der Waals surface area contributed by atoms with E-state index in [9.17, 15) is 35.3 Å². The molecule has 0 spiro atoms. The summed E-state index contributed by atoms with van der Waals surface area (Å²) in [7, 11) is -0.712. The molecule has 0 saturated heterocycles. The number of nitrogens with zero attached hydrogens (tertiary/aromatic N) is 5. The number of imidazole rings is 1. The Kier molecular flexibility index (Phi) is 5.62. The van der Waals surface area contributed by atoms with Gasteiger partial charge in [0.15, 0.2) is 5.69 Å². The van der Waals surface area contributed by atoms with Crippen LogP contribution in [0.4, 0.5) is 31.5 Å². The summed E-state index contributed by atoms with van der Waals surface area (Å²) < 4.78 is 90.7. The summed E-state index contributed by atoms with van der Waals surface area (Å²) in [6.45, 7) is 1.53. The lowest BCUT2D eigenvalue weighted by atomic mass is 10.2. The number of aromatic nitrogens is 4. The molecular formula is C15H11F6N5O2S2. The molecule has 0 aliphatic rings. The van der Waals surface area contributed by atoms with Crippen LogP contribution in [0.5, 0.6) is 0 Å². The van der Waals surface area contributed by atoms with Crippen molar-refractivity contribution in [2.24, 2.45) is 0 Å². The van der Waals surface area contributed by atoms with E-state index in [0.29, 0.717) is 6.07 Å². The summed E-state index contributed by atoms with van der Waals surface area (Å²) in [5, 5.41) is 4.44. The summed E-state index contributed by atoms with van der Waals surface area (Å²) >= 11 is 0.102. The van der Waals surface area contributed by atoms with E-state index in [4.69, 9.17) is 0 Å². The maximum atomic E-state index is 13.0. The first-order valence-corrected chi connectivity index (χ1v) is 10.1. The van der Waals surface area contributed by atoms with E-state index < -0.39 is 50.5 Å². The van der Waals surface area contributed by atoms with E-state index in [1.54, 1.807) is 0 Å². The van der Waals surface area contributed by atoms with Crippen molar-refractivity contribution in [1.29, 1.82) is 0 Å². The van der Waals surface area contributed by atoms with Gasteiger partial charge in [0, 0.05) is 19.0 Å². The largest absolute Gasteiger partial charge is 0.445 e. The number of hydrogen-bond acceptors (Lipinski definition) is 6. The van der Waals surface area contributed by atoms with Crippen molar-refractivity contribution in [2.75, 3.05) is 17.7 Å². The number of amides is 1. The van der Waals surface area contributed by atoms with Crippen LogP contribution in [-0.4, -0.2) is 42.5 Å². The molecule has 0 aromatic carbocycles. The standard InChI is InChI=1S/C15H11F6N5O2S2/c1-3-30(28)11-9(22-8-6-7(14(16,17)18)4-5-26(8)11)10(27)25(2)13-24-23-12(29-13)15(19,20)21/h4-6H,3H2,1-2H3. The SMILES string of the molecule is CCS(=O)c1c(C(=O)N(C)c2nnc(C(F)(F)F)s2)nc2cc(C(F)(F)F)ccn12. The van der Waals surface area contributed by atoms with Crippen LogP contribution < -0.4 is 4.90 Å². The van der Waals surface area contributed by atoms with Crippen LogP contribution in [0, 0.1) is 0 Å². The number of carbonyl (C=O) groups excluding carboxylic acids is 1. The lowest BCUT2D eigenvalue weighted by Gasteiger charge is -2.12. The van der Waals surface area contributed by atoms with E-state index >= 15 is 0 Å². The molecule has 0 N–H and O–H groups in total. The summed E-state index contributed by atoms with van der Waals surface area (Å²) in [6.07, 6.45) is -8.44. The van der Waals surface area contributed by atoms with Gasteiger partial charge >= 0.3 is 12.4 Å². The summed E-state index contributed by atoms with van der Waals surface area (Å²) in [5.74, 6) is -0.968. The van der Waals surface area contributed by atoms with Gasteiger partial charge in [-0.05, 0) is 12.1 Å². The highest BCUT2D eigenvalue weighted by Crippen LogP contribution is 2.35. The molecule has 1 unspecified atom stereocenters. The highest BCUT2D eigenvalue weighted by molar-refractivity contribution is 7.85. The number of rotatable bonds is 4. The fourth-order valence-electron chi connectivity index (χ4n) is 2.40. The Morgan fingerprint density at radius 3 is 2.40 bits per heavy atom. The molecule has 162 valence electrons. The van der Waals surface area contributed by atoms with Gasteiger partial charge in [0.05, 0.1) is 16.4 Å². The van der Waals surface area contributed by atoms with E-state index in [1.165, 1.54) is 6.92 Å². The molecule has 3 aromatic rings. The van der Waals surface area contributed by atoms with Gasteiger partial charge in [0.25, 0.3) is 5.91 Å². The second-order valence-electron chi connectivity index (χ2n) is 5.79. The van der Waals surface area contributed by atoms with Crippen LogP contribution in [0.15, 0.2) is 23.4 Å². The number of pyridine rings is 1. The second-order valence-corrected chi connectivity index (χ2v) is 8.40. The normalized spacial score (nSPS) is 13.6. The molecule has 30 heavy (non-hydrogen) atoms. The third kappa shape index (κ3) is 4.03. The molecule has 15 heteroatoms. The molecule has 7 nitrogen and oxygen atoms in total. The number of anilines is 1. The van der Waals surface area contributed by atoms with E-state index in [1.807, 2.05) is 0 Å². The summed E-state index contributed by atoms with van der Waals surface area (Å²) in [5.41, 5.74) is -1.77. The molecule has 0 fully saturated rings. The fourth-order valence-corrected chi connectivity index (χ4v) is 4.07. The Labute approximate surface area is 170 Å². The topological polar surface area (TPSA) is 80.5 Å². The monoisotopic (exact) mass is 471 g/mol. The average Bonchev–Trinajstić information content (AvgIpc) is 3.29. The Morgan fingerprint density at radius 1 is 1.20 bits per heavy atom. The average molecular weight is 471 g/mol. The van der Waals surface area contributed by atoms with E-state index in [2.05, 4.69) is 15.2 Å². The van der Waals surface area contributed by atoms with Gasteiger partial charge in [0.2, 0.25) is 10.1 Å². The molecule has 3 aromatic heterocycles. The van der Waals surface area contributed by atoms with Crippen LogP contribution >= 0.6 is 11.3 Å². The fraction of sp³-hybridized carbons (Fsp3) is 0.333. The molecule has 0 aliphatic heterocycles. The molecule has 3 rings (SSSR count). The zero-order valence-electron chi connectivity index (χ0n) is 15.1. The third-order valence-corrected chi connectivity index (χ3v) is 6.23. The molecule has 0 radical (unpaired) electrons. The molecular weight excluding hydrogens is 460 g/mol. The second kappa shape index (κ2) is 7.61. The van der Waals surface area contributed by atoms with Crippen LogP contribution in [0.2, 0.25) is 0 Å². The number of halogens is 6. The number of fused-ring (bicyclic) bond motifs is 1.